The summed E-state index contributed by atoms with van der Waals surface area (Å²) >= 11 is 3.51. The van der Waals surface area contributed by atoms with Crippen LogP contribution in [0, 0.1) is 11.8 Å². The van der Waals surface area contributed by atoms with Gasteiger partial charge >= 0.3 is 0 Å². The molecule has 2 N–H and O–H groups in total. The van der Waals surface area contributed by atoms with Crippen molar-refractivity contribution in [2.24, 2.45) is 16.9 Å². The highest BCUT2D eigenvalue weighted by atomic mass is 79.9. The van der Waals surface area contributed by atoms with Crippen molar-refractivity contribution in [2.75, 3.05) is 12.4 Å². The van der Waals surface area contributed by atoms with Gasteiger partial charge in [-0.2, -0.15) is 5.10 Å². The maximum Gasteiger partial charge on any atom is 0.252 e. The first-order chi connectivity index (χ1) is 16.9. The Morgan fingerprint density at radius 2 is 1.71 bits per heavy atom. The van der Waals surface area contributed by atoms with E-state index in [1.807, 2.05) is 62.4 Å². The lowest BCUT2D eigenvalue weighted by molar-refractivity contribution is -0.134. The van der Waals surface area contributed by atoms with Gasteiger partial charge in [0.1, 0.15) is 24.0 Å². The van der Waals surface area contributed by atoms with Gasteiger partial charge in [0, 0.05) is 5.69 Å². The van der Waals surface area contributed by atoms with Crippen LogP contribution in [0.25, 0.3) is 0 Å². The fourth-order valence-corrected chi connectivity index (χ4v) is 3.82. The zero-order valence-corrected chi connectivity index (χ0v) is 21.4. The Balaban J connectivity index is 1.57. The molecule has 0 aliphatic heterocycles. The minimum Gasteiger partial charge on any atom is -0.497 e. The van der Waals surface area contributed by atoms with E-state index in [4.69, 9.17) is 9.47 Å². The van der Waals surface area contributed by atoms with Gasteiger partial charge in [-0.15, -0.1) is 0 Å². The molecule has 0 bridgehead atoms. The highest BCUT2D eigenvalue weighted by molar-refractivity contribution is 9.10. The van der Waals surface area contributed by atoms with Crippen LogP contribution in [0.4, 0.5) is 5.69 Å². The molecule has 1 atom stereocenters. The Morgan fingerprint density at radius 1 is 1.00 bits per heavy atom. The maximum atomic E-state index is 12.8. The number of carbonyl (C=O) groups is 2. The summed E-state index contributed by atoms with van der Waals surface area (Å²) in [6.07, 6.45) is 1.52. The van der Waals surface area contributed by atoms with Crippen LogP contribution < -0.4 is 20.2 Å². The zero-order valence-electron chi connectivity index (χ0n) is 19.8. The van der Waals surface area contributed by atoms with Gasteiger partial charge in [0.05, 0.1) is 17.8 Å². The molecule has 7 nitrogen and oxygen atoms in total. The van der Waals surface area contributed by atoms with Crippen molar-refractivity contribution < 1.29 is 19.1 Å². The number of methoxy groups -OCH3 is 1. The smallest absolute Gasteiger partial charge is 0.252 e. The molecule has 0 heterocycles. The molecule has 8 heteroatoms. The number of rotatable bonds is 10. The van der Waals surface area contributed by atoms with Gasteiger partial charge in [0.2, 0.25) is 5.91 Å². The summed E-state index contributed by atoms with van der Waals surface area (Å²) in [4.78, 5) is 25.5. The molecular weight excluding hydrogens is 510 g/mol. The molecule has 0 aliphatic rings. The lowest BCUT2D eigenvalue weighted by Crippen LogP contribution is -2.39. The van der Waals surface area contributed by atoms with E-state index in [1.165, 1.54) is 6.21 Å². The van der Waals surface area contributed by atoms with E-state index in [0.717, 1.165) is 15.6 Å². The van der Waals surface area contributed by atoms with E-state index in [2.05, 4.69) is 31.8 Å². The van der Waals surface area contributed by atoms with Gasteiger partial charge in [-0.05, 0) is 75.4 Å². The van der Waals surface area contributed by atoms with Crippen molar-refractivity contribution in [2.45, 2.75) is 20.5 Å². The normalized spacial score (nSPS) is 11.8. The van der Waals surface area contributed by atoms with Crippen molar-refractivity contribution in [1.82, 2.24) is 5.43 Å². The molecule has 2 amide bonds. The number of nitrogens with zero attached hydrogens (tertiary/aromatic N) is 1. The van der Waals surface area contributed by atoms with Crippen molar-refractivity contribution in [3.63, 3.8) is 0 Å². The Morgan fingerprint density at radius 3 is 2.34 bits per heavy atom. The Hall–Kier alpha value is -3.65. The van der Waals surface area contributed by atoms with Crippen molar-refractivity contribution in [3.05, 3.63) is 88.4 Å². The molecule has 0 spiro atoms. The number of hydrogen-bond acceptors (Lipinski definition) is 5. The maximum absolute atomic E-state index is 12.8. The third-order valence-electron chi connectivity index (χ3n) is 5.17. The molecule has 0 saturated heterocycles. The number of carbonyl (C=O) groups excluding carboxylic acids is 2. The highest BCUT2D eigenvalue weighted by Crippen LogP contribution is 2.26. The van der Waals surface area contributed by atoms with Crippen molar-refractivity contribution in [3.8, 4) is 11.5 Å². The van der Waals surface area contributed by atoms with Crippen molar-refractivity contribution in [1.29, 1.82) is 0 Å². The molecule has 1 unspecified atom stereocenters. The van der Waals surface area contributed by atoms with E-state index in [9.17, 15) is 9.59 Å². The number of hydrogen-bond donors (Lipinski definition) is 2. The van der Waals surface area contributed by atoms with E-state index in [1.54, 1.807) is 31.4 Å². The molecule has 0 radical (unpaired) electrons. The second-order valence-electron chi connectivity index (χ2n) is 8.14. The lowest BCUT2D eigenvalue weighted by Gasteiger charge is -2.18. The molecule has 35 heavy (non-hydrogen) atoms. The zero-order chi connectivity index (χ0) is 25.2. The largest absolute Gasteiger partial charge is 0.497 e. The van der Waals surface area contributed by atoms with Crippen LogP contribution in [-0.2, 0) is 16.2 Å². The lowest BCUT2D eigenvalue weighted by atomic mass is 9.94. The summed E-state index contributed by atoms with van der Waals surface area (Å²) < 4.78 is 11.7. The van der Waals surface area contributed by atoms with E-state index in [-0.39, 0.29) is 5.92 Å². The quantitative estimate of drug-likeness (QED) is 0.206. The topological polar surface area (TPSA) is 89.0 Å². The highest BCUT2D eigenvalue weighted by Gasteiger charge is 2.30. The second kappa shape index (κ2) is 12.7. The summed E-state index contributed by atoms with van der Waals surface area (Å²) in [7, 11) is 1.57. The van der Waals surface area contributed by atoms with Crippen molar-refractivity contribution >= 4 is 39.6 Å². The fraction of sp³-hybridized carbons (Fsp3) is 0.222. The van der Waals surface area contributed by atoms with Gasteiger partial charge in [-0.3, -0.25) is 9.59 Å². The van der Waals surface area contributed by atoms with E-state index in [0.29, 0.717) is 23.8 Å². The van der Waals surface area contributed by atoms with Crippen LogP contribution in [0.1, 0.15) is 25.0 Å². The monoisotopic (exact) mass is 537 g/mol. The number of nitrogens with one attached hydrogen (secondary N) is 2. The van der Waals surface area contributed by atoms with Crippen LogP contribution in [0.5, 0.6) is 11.5 Å². The molecule has 0 fully saturated rings. The first-order valence-corrected chi connectivity index (χ1v) is 11.9. The van der Waals surface area contributed by atoms with Gasteiger partial charge in [-0.25, -0.2) is 5.43 Å². The summed E-state index contributed by atoms with van der Waals surface area (Å²) in [5.41, 5.74) is 4.89. The standard InChI is InChI=1S/C27H28BrN3O4/c1-18(2)25(26(32)30-21-10-12-22(34-3)13-11-21)27(33)31-29-16-20-9-14-24(23(28)15-20)35-17-19-7-5-4-6-8-19/h4-16,18,25H,17H2,1-3H3,(H,30,32)(H,31,33). The predicted molar refractivity (Wildman–Crippen MR) is 141 cm³/mol. The van der Waals surface area contributed by atoms with Gasteiger partial charge in [-0.1, -0.05) is 44.2 Å². The molecule has 3 aromatic rings. The predicted octanol–water partition coefficient (Wildman–Crippen LogP) is 5.40. The number of anilines is 1. The number of amides is 2. The summed E-state index contributed by atoms with van der Waals surface area (Å²) in [6, 6.07) is 22.3. The first-order valence-electron chi connectivity index (χ1n) is 11.1. The summed E-state index contributed by atoms with van der Waals surface area (Å²) in [6.45, 7) is 4.08. The second-order valence-corrected chi connectivity index (χ2v) is 8.99. The van der Waals surface area contributed by atoms with E-state index < -0.39 is 17.7 Å². The van der Waals surface area contributed by atoms with Gasteiger partial charge < -0.3 is 14.8 Å². The molecule has 182 valence electrons. The SMILES string of the molecule is COc1ccc(NC(=O)C(C(=O)NN=Cc2ccc(OCc3ccccc3)c(Br)c2)C(C)C)cc1. The molecule has 3 aromatic carbocycles. The number of benzene rings is 3. The molecular formula is C27H28BrN3O4. The third-order valence-corrected chi connectivity index (χ3v) is 5.79. The minimum absolute atomic E-state index is 0.223. The first kappa shape index (κ1) is 26.0. The molecule has 3 rings (SSSR count). The third kappa shape index (κ3) is 7.68. The van der Waals surface area contributed by atoms with Crippen LogP contribution in [-0.4, -0.2) is 25.1 Å². The number of ether oxygens (including phenoxy) is 2. The number of halogens is 1. The van der Waals surface area contributed by atoms with Crippen LogP contribution >= 0.6 is 15.9 Å². The Kier molecular flexibility index (Phi) is 9.43. The number of hydrazone groups is 1. The molecule has 0 aliphatic carbocycles. The molecule has 0 saturated carbocycles. The Bertz CT molecular complexity index is 1160. The average molecular weight is 538 g/mol. The molecule has 0 aromatic heterocycles. The van der Waals surface area contributed by atoms with Gasteiger partial charge in [0.25, 0.3) is 5.91 Å². The fourth-order valence-electron chi connectivity index (χ4n) is 3.31. The summed E-state index contributed by atoms with van der Waals surface area (Å²) in [5.74, 6) is -0.638. The average Bonchev–Trinajstić information content (AvgIpc) is 2.84. The van der Waals surface area contributed by atoms with Crippen LogP contribution in [0.15, 0.2) is 82.4 Å². The Labute approximate surface area is 213 Å². The van der Waals surface area contributed by atoms with Gasteiger partial charge in [0.15, 0.2) is 0 Å². The van der Waals surface area contributed by atoms with Crippen LogP contribution in [0.3, 0.4) is 0 Å². The van der Waals surface area contributed by atoms with Crippen LogP contribution in [0.2, 0.25) is 0 Å². The minimum atomic E-state index is -0.908. The van der Waals surface area contributed by atoms with E-state index >= 15 is 0 Å². The summed E-state index contributed by atoms with van der Waals surface area (Å²) in [5, 5.41) is 6.81.